The van der Waals surface area contributed by atoms with Gasteiger partial charge in [0.2, 0.25) is 0 Å². The zero-order valence-corrected chi connectivity index (χ0v) is 13.2. The van der Waals surface area contributed by atoms with Crippen LogP contribution in [0.15, 0.2) is 24.3 Å². The highest BCUT2D eigenvalue weighted by Gasteiger charge is 2.26. The first-order valence-electron chi connectivity index (χ1n) is 7.40. The zero-order valence-electron chi connectivity index (χ0n) is 12.4. The van der Waals surface area contributed by atoms with E-state index < -0.39 is 9.84 Å². The van der Waals surface area contributed by atoms with Crippen molar-refractivity contribution in [2.75, 3.05) is 32.1 Å². The second kappa shape index (κ2) is 7.66. The molecule has 0 aromatic heterocycles. The summed E-state index contributed by atoms with van der Waals surface area (Å²) in [6, 6.07) is 7.32. The maximum Gasteiger partial charge on any atom is 0.161 e. The van der Waals surface area contributed by atoms with Gasteiger partial charge in [0.15, 0.2) is 21.3 Å². The molecule has 0 bridgehead atoms. The summed E-state index contributed by atoms with van der Waals surface area (Å²) in [7, 11) is -3.11. The summed E-state index contributed by atoms with van der Waals surface area (Å²) in [6.07, 6.45) is 1.66. The van der Waals surface area contributed by atoms with Gasteiger partial charge in [0.25, 0.3) is 0 Å². The minimum absolute atomic E-state index is 0.0415. The second-order valence-corrected chi connectivity index (χ2v) is 7.46. The third-order valence-electron chi connectivity index (χ3n) is 3.53. The molecule has 1 unspecified atom stereocenters. The molecule has 0 aliphatic carbocycles. The molecule has 0 saturated carbocycles. The molecule has 5 nitrogen and oxygen atoms in total. The molecule has 118 valence electrons. The molecule has 1 aliphatic rings. The van der Waals surface area contributed by atoms with Crippen LogP contribution in [-0.2, 0) is 9.84 Å². The Morgan fingerprint density at radius 2 is 1.95 bits per heavy atom. The van der Waals surface area contributed by atoms with E-state index in [0.717, 1.165) is 19.4 Å². The molecule has 1 aromatic carbocycles. The van der Waals surface area contributed by atoms with Crippen LogP contribution in [0, 0.1) is 0 Å². The van der Waals surface area contributed by atoms with Crippen LogP contribution >= 0.6 is 0 Å². The fraction of sp³-hybridized carbons (Fsp3) is 0.600. The SMILES string of the molecule is CCOc1ccccc1OCCS(=O)(=O)C1CCCNC1. The maximum absolute atomic E-state index is 12.2. The van der Waals surface area contributed by atoms with Gasteiger partial charge in [0.1, 0.15) is 6.61 Å². The molecular formula is C15H23NO4S. The molecule has 0 spiro atoms. The summed E-state index contributed by atoms with van der Waals surface area (Å²) in [5, 5.41) is 2.85. The van der Waals surface area contributed by atoms with E-state index in [1.807, 2.05) is 25.1 Å². The lowest BCUT2D eigenvalue weighted by molar-refractivity contribution is 0.288. The summed E-state index contributed by atoms with van der Waals surface area (Å²) >= 11 is 0. The molecule has 1 aliphatic heterocycles. The molecule has 1 N–H and O–H groups in total. The molecule has 1 fully saturated rings. The monoisotopic (exact) mass is 313 g/mol. The summed E-state index contributed by atoms with van der Waals surface area (Å²) in [5.74, 6) is 1.29. The smallest absolute Gasteiger partial charge is 0.161 e. The Hall–Kier alpha value is -1.27. The van der Waals surface area contributed by atoms with E-state index in [2.05, 4.69) is 5.32 Å². The summed E-state index contributed by atoms with van der Waals surface area (Å²) in [4.78, 5) is 0. The highest BCUT2D eigenvalue weighted by Crippen LogP contribution is 2.26. The quantitative estimate of drug-likeness (QED) is 0.829. The van der Waals surface area contributed by atoms with Gasteiger partial charge in [0, 0.05) is 6.54 Å². The van der Waals surface area contributed by atoms with Gasteiger partial charge in [-0.15, -0.1) is 0 Å². The number of hydrogen-bond donors (Lipinski definition) is 1. The van der Waals surface area contributed by atoms with E-state index in [9.17, 15) is 8.42 Å². The predicted molar refractivity (Wildman–Crippen MR) is 82.8 cm³/mol. The van der Waals surface area contributed by atoms with Crippen molar-refractivity contribution in [3.8, 4) is 11.5 Å². The van der Waals surface area contributed by atoms with E-state index >= 15 is 0 Å². The van der Waals surface area contributed by atoms with Crippen LogP contribution in [-0.4, -0.2) is 45.7 Å². The maximum atomic E-state index is 12.2. The van der Waals surface area contributed by atoms with Gasteiger partial charge in [-0.2, -0.15) is 0 Å². The normalized spacial score (nSPS) is 19.2. The van der Waals surface area contributed by atoms with Gasteiger partial charge in [-0.25, -0.2) is 8.42 Å². The van der Waals surface area contributed by atoms with Gasteiger partial charge in [-0.05, 0) is 38.4 Å². The van der Waals surface area contributed by atoms with E-state index in [-0.39, 0.29) is 17.6 Å². The number of rotatable bonds is 7. The van der Waals surface area contributed by atoms with Gasteiger partial charge < -0.3 is 14.8 Å². The third-order valence-corrected chi connectivity index (χ3v) is 5.69. The van der Waals surface area contributed by atoms with E-state index in [4.69, 9.17) is 9.47 Å². The van der Waals surface area contributed by atoms with Crippen LogP contribution in [0.2, 0.25) is 0 Å². The summed E-state index contributed by atoms with van der Waals surface area (Å²) < 4.78 is 35.5. The molecule has 21 heavy (non-hydrogen) atoms. The van der Waals surface area contributed by atoms with Crippen molar-refractivity contribution < 1.29 is 17.9 Å². The van der Waals surface area contributed by atoms with Gasteiger partial charge >= 0.3 is 0 Å². The van der Waals surface area contributed by atoms with E-state index in [0.29, 0.717) is 24.7 Å². The van der Waals surface area contributed by atoms with Crippen molar-refractivity contribution in [2.24, 2.45) is 0 Å². The zero-order chi connectivity index (χ0) is 15.1. The molecule has 2 rings (SSSR count). The average Bonchev–Trinajstić information content (AvgIpc) is 2.50. The van der Waals surface area contributed by atoms with Crippen molar-refractivity contribution in [2.45, 2.75) is 25.0 Å². The van der Waals surface area contributed by atoms with Crippen LogP contribution in [0.4, 0.5) is 0 Å². The van der Waals surface area contributed by atoms with Crippen LogP contribution in [0.5, 0.6) is 11.5 Å². The molecule has 6 heteroatoms. The van der Waals surface area contributed by atoms with Crippen LogP contribution < -0.4 is 14.8 Å². The number of nitrogens with one attached hydrogen (secondary N) is 1. The van der Waals surface area contributed by atoms with E-state index in [1.165, 1.54) is 0 Å². The molecule has 1 saturated heterocycles. The third kappa shape index (κ3) is 4.61. The first-order valence-corrected chi connectivity index (χ1v) is 9.12. The Morgan fingerprint density at radius 1 is 1.24 bits per heavy atom. The predicted octanol–water partition coefficient (Wildman–Crippen LogP) is 1.63. The molecule has 0 radical (unpaired) electrons. The first-order chi connectivity index (χ1) is 10.1. The molecule has 1 heterocycles. The average molecular weight is 313 g/mol. The Labute approximate surface area is 126 Å². The van der Waals surface area contributed by atoms with Crippen LogP contribution in [0.3, 0.4) is 0 Å². The van der Waals surface area contributed by atoms with Crippen LogP contribution in [0.25, 0.3) is 0 Å². The summed E-state index contributed by atoms with van der Waals surface area (Å²) in [5.41, 5.74) is 0. The standard InChI is InChI=1S/C15H23NO4S/c1-2-19-14-7-3-4-8-15(14)20-10-11-21(17,18)13-6-5-9-16-12-13/h3-4,7-8,13,16H,2,5-6,9-12H2,1H3. The molecule has 1 atom stereocenters. The Kier molecular flexibility index (Phi) is 5.87. The van der Waals surface area contributed by atoms with E-state index in [1.54, 1.807) is 6.07 Å². The number of sulfone groups is 1. The van der Waals surface area contributed by atoms with Crippen molar-refractivity contribution >= 4 is 9.84 Å². The lowest BCUT2D eigenvalue weighted by Crippen LogP contribution is -2.40. The first kappa shape index (κ1) is 16.1. The Morgan fingerprint density at radius 3 is 2.57 bits per heavy atom. The topological polar surface area (TPSA) is 64.6 Å². The van der Waals surface area contributed by atoms with Gasteiger partial charge in [0.05, 0.1) is 17.6 Å². The highest BCUT2D eigenvalue weighted by molar-refractivity contribution is 7.92. The number of ether oxygens (including phenoxy) is 2. The summed E-state index contributed by atoms with van der Waals surface area (Å²) in [6.45, 7) is 4.06. The highest BCUT2D eigenvalue weighted by atomic mass is 32.2. The number of hydrogen-bond acceptors (Lipinski definition) is 5. The molecular weight excluding hydrogens is 290 g/mol. The largest absolute Gasteiger partial charge is 0.490 e. The molecule has 1 aromatic rings. The van der Waals surface area contributed by atoms with Crippen molar-refractivity contribution in [3.63, 3.8) is 0 Å². The van der Waals surface area contributed by atoms with Crippen molar-refractivity contribution in [1.29, 1.82) is 0 Å². The lowest BCUT2D eigenvalue weighted by atomic mass is 10.2. The number of benzene rings is 1. The molecule has 0 amide bonds. The fourth-order valence-electron chi connectivity index (χ4n) is 2.40. The second-order valence-electron chi connectivity index (χ2n) is 5.06. The minimum atomic E-state index is -3.11. The van der Waals surface area contributed by atoms with Crippen molar-refractivity contribution in [3.05, 3.63) is 24.3 Å². The van der Waals surface area contributed by atoms with Gasteiger partial charge in [-0.3, -0.25) is 0 Å². The van der Waals surface area contributed by atoms with Crippen molar-refractivity contribution in [1.82, 2.24) is 5.32 Å². The van der Waals surface area contributed by atoms with Gasteiger partial charge in [-0.1, -0.05) is 12.1 Å². The minimum Gasteiger partial charge on any atom is -0.490 e. The van der Waals surface area contributed by atoms with Crippen LogP contribution in [0.1, 0.15) is 19.8 Å². The number of para-hydroxylation sites is 2. The Balaban J connectivity index is 1.88. The fourth-order valence-corrected chi connectivity index (χ4v) is 3.95. The Bertz CT molecular complexity index is 538. The number of piperidine rings is 1. The lowest BCUT2D eigenvalue weighted by Gasteiger charge is -2.22.